The van der Waals surface area contributed by atoms with Crippen LogP contribution in [-0.4, -0.2) is 23.2 Å². The molecule has 1 saturated heterocycles. The van der Waals surface area contributed by atoms with Crippen LogP contribution in [0.4, 0.5) is 0 Å². The molecule has 1 aliphatic rings. The number of benzene rings is 2. The van der Waals surface area contributed by atoms with Gasteiger partial charge in [-0.1, -0.05) is 62.4 Å². The van der Waals surface area contributed by atoms with Crippen LogP contribution in [0, 0.1) is 5.92 Å². The lowest BCUT2D eigenvalue weighted by atomic mass is 9.96. The van der Waals surface area contributed by atoms with Crippen LogP contribution in [-0.2, 0) is 20.4 Å². The SMILES string of the molecule is CC[C@H]1O[P@](=O)(c2ccccc2)[C@H](O)[C@@H](OCc2ccccc2)[C@@H]1C. The molecule has 2 aromatic carbocycles. The summed E-state index contributed by atoms with van der Waals surface area (Å²) in [4.78, 5) is 0. The highest BCUT2D eigenvalue weighted by atomic mass is 31.2. The van der Waals surface area contributed by atoms with E-state index in [0.29, 0.717) is 11.9 Å². The van der Waals surface area contributed by atoms with E-state index in [1.807, 2.05) is 62.4 Å². The molecule has 1 aliphatic heterocycles. The molecule has 2 aromatic rings. The monoisotopic (exact) mass is 360 g/mol. The van der Waals surface area contributed by atoms with Crippen molar-refractivity contribution < 1.29 is 18.9 Å². The van der Waals surface area contributed by atoms with Gasteiger partial charge in [0.05, 0.1) is 18.8 Å². The first-order valence-electron chi connectivity index (χ1n) is 8.73. The maximum absolute atomic E-state index is 13.6. The lowest BCUT2D eigenvalue weighted by Crippen LogP contribution is -2.48. The van der Waals surface area contributed by atoms with Crippen LogP contribution in [0.2, 0.25) is 0 Å². The molecule has 134 valence electrons. The van der Waals surface area contributed by atoms with E-state index in [2.05, 4.69) is 0 Å². The largest absolute Gasteiger partial charge is 0.380 e. The van der Waals surface area contributed by atoms with Crippen LogP contribution < -0.4 is 5.30 Å². The molecule has 4 nitrogen and oxygen atoms in total. The zero-order chi connectivity index (χ0) is 17.9. The second-order valence-corrected chi connectivity index (χ2v) is 8.97. The molecule has 0 amide bonds. The van der Waals surface area contributed by atoms with Gasteiger partial charge in [0.1, 0.15) is 0 Å². The third-order valence-corrected chi connectivity index (χ3v) is 7.43. The van der Waals surface area contributed by atoms with E-state index in [1.54, 1.807) is 12.1 Å². The van der Waals surface area contributed by atoms with Crippen molar-refractivity contribution in [3.8, 4) is 0 Å². The van der Waals surface area contributed by atoms with Gasteiger partial charge < -0.3 is 14.4 Å². The van der Waals surface area contributed by atoms with E-state index >= 15 is 0 Å². The number of hydrogen-bond donors (Lipinski definition) is 1. The Morgan fingerprint density at radius 2 is 1.68 bits per heavy atom. The molecule has 5 atom stereocenters. The third-order valence-electron chi connectivity index (χ3n) is 4.84. The number of hydrogen-bond acceptors (Lipinski definition) is 4. The van der Waals surface area contributed by atoms with Gasteiger partial charge in [-0.15, -0.1) is 0 Å². The predicted molar refractivity (Wildman–Crippen MR) is 99.0 cm³/mol. The van der Waals surface area contributed by atoms with Crippen molar-refractivity contribution in [3.63, 3.8) is 0 Å². The highest BCUT2D eigenvalue weighted by Crippen LogP contribution is 2.58. The molecule has 1 fully saturated rings. The van der Waals surface area contributed by atoms with Crippen LogP contribution in [0.5, 0.6) is 0 Å². The highest BCUT2D eigenvalue weighted by Gasteiger charge is 2.51. The van der Waals surface area contributed by atoms with Crippen molar-refractivity contribution >= 4 is 12.7 Å². The average Bonchev–Trinajstić information content (AvgIpc) is 2.66. The molecule has 0 saturated carbocycles. The fourth-order valence-corrected chi connectivity index (χ4v) is 5.96. The summed E-state index contributed by atoms with van der Waals surface area (Å²) in [6, 6.07) is 18.8. The summed E-state index contributed by atoms with van der Waals surface area (Å²) in [5.41, 5.74) is 1.02. The van der Waals surface area contributed by atoms with Gasteiger partial charge in [-0.2, -0.15) is 0 Å². The summed E-state index contributed by atoms with van der Waals surface area (Å²) < 4.78 is 25.5. The third kappa shape index (κ3) is 3.73. The van der Waals surface area contributed by atoms with Crippen molar-refractivity contribution in [2.45, 2.75) is 44.9 Å². The van der Waals surface area contributed by atoms with Crippen molar-refractivity contribution in [3.05, 3.63) is 66.2 Å². The molecule has 1 heterocycles. The quantitative estimate of drug-likeness (QED) is 0.821. The zero-order valence-corrected chi connectivity index (χ0v) is 15.5. The Morgan fingerprint density at radius 3 is 2.28 bits per heavy atom. The molecule has 25 heavy (non-hydrogen) atoms. The maximum atomic E-state index is 13.6. The molecule has 0 radical (unpaired) electrons. The molecule has 0 aliphatic carbocycles. The molecule has 0 bridgehead atoms. The Morgan fingerprint density at radius 1 is 1.08 bits per heavy atom. The Balaban J connectivity index is 1.86. The molecule has 1 N–H and O–H groups in total. The van der Waals surface area contributed by atoms with Crippen LogP contribution in [0.25, 0.3) is 0 Å². The van der Waals surface area contributed by atoms with E-state index in [1.165, 1.54) is 0 Å². The summed E-state index contributed by atoms with van der Waals surface area (Å²) in [6.07, 6.45) is -0.0317. The van der Waals surface area contributed by atoms with Gasteiger partial charge in [0.25, 0.3) is 7.37 Å². The highest BCUT2D eigenvalue weighted by molar-refractivity contribution is 7.67. The Bertz CT molecular complexity index is 719. The predicted octanol–water partition coefficient (Wildman–Crippen LogP) is 3.94. The maximum Gasteiger partial charge on any atom is 0.262 e. The molecule has 0 unspecified atom stereocenters. The van der Waals surface area contributed by atoms with E-state index < -0.39 is 19.3 Å². The normalized spacial score (nSPS) is 32.4. The van der Waals surface area contributed by atoms with Crippen molar-refractivity contribution in [2.75, 3.05) is 0 Å². The van der Waals surface area contributed by atoms with E-state index in [0.717, 1.165) is 12.0 Å². The number of rotatable bonds is 5. The van der Waals surface area contributed by atoms with Gasteiger partial charge in [0.2, 0.25) is 0 Å². The fraction of sp³-hybridized carbons (Fsp3) is 0.400. The fourth-order valence-electron chi connectivity index (χ4n) is 3.34. The van der Waals surface area contributed by atoms with Gasteiger partial charge in [-0.05, 0) is 24.1 Å². The number of ether oxygens (including phenoxy) is 1. The van der Waals surface area contributed by atoms with Gasteiger partial charge in [-0.25, -0.2) is 0 Å². The van der Waals surface area contributed by atoms with Gasteiger partial charge in [0.15, 0.2) is 5.85 Å². The van der Waals surface area contributed by atoms with Gasteiger partial charge in [0, 0.05) is 11.2 Å². The van der Waals surface area contributed by atoms with Crippen LogP contribution in [0.1, 0.15) is 25.8 Å². The van der Waals surface area contributed by atoms with Crippen LogP contribution in [0.15, 0.2) is 60.7 Å². The van der Waals surface area contributed by atoms with E-state index in [-0.39, 0.29) is 12.0 Å². The minimum atomic E-state index is -3.41. The van der Waals surface area contributed by atoms with Crippen LogP contribution in [0.3, 0.4) is 0 Å². The average molecular weight is 360 g/mol. The summed E-state index contributed by atoms with van der Waals surface area (Å²) >= 11 is 0. The first-order valence-corrected chi connectivity index (χ1v) is 10.4. The van der Waals surface area contributed by atoms with Crippen molar-refractivity contribution in [1.82, 2.24) is 0 Å². The first kappa shape index (κ1) is 18.3. The lowest BCUT2D eigenvalue weighted by molar-refractivity contribution is -0.0937. The summed E-state index contributed by atoms with van der Waals surface area (Å²) in [6.45, 7) is 4.36. The van der Waals surface area contributed by atoms with E-state index in [4.69, 9.17) is 9.26 Å². The van der Waals surface area contributed by atoms with Crippen molar-refractivity contribution in [2.24, 2.45) is 5.92 Å². The number of aliphatic hydroxyl groups excluding tert-OH is 1. The van der Waals surface area contributed by atoms with Crippen molar-refractivity contribution in [1.29, 1.82) is 0 Å². The molecular formula is C20H25O4P. The standard InChI is InChI=1S/C20H25O4P/c1-3-18-15(2)19(23-14-16-10-6-4-7-11-16)20(21)25(22,24-18)17-12-8-5-9-13-17/h4-13,15,18-21H,3,14H2,1-2H3/t15-,18-,19+,20+,25-/m1/s1. The molecule has 0 aromatic heterocycles. The Kier molecular flexibility index (Phi) is 5.75. The summed E-state index contributed by atoms with van der Waals surface area (Å²) in [5.74, 6) is -1.22. The summed E-state index contributed by atoms with van der Waals surface area (Å²) in [5, 5.41) is 11.4. The molecule has 3 rings (SSSR count). The molecule has 0 spiro atoms. The topological polar surface area (TPSA) is 55.8 Å². The minimum absolute atomic E-state index is 0.0468. The van der Waals surface area contributed by atoms with Crippen LogP contribution >= 0.6 is 7.37 Å². The Labute approximate surface area is 149 Å². The van der Waals surface area contributed by atoms with E-state index in [9.17, 15) is 9.67 Å². The summed E-state index contributed by atoms with van der Waals surface area (Å²) in [7, 11) is -3.41. The van der Waals surface area contributed by atoms with Gasteiger partial charge >= 0.3 is 0 Å². The zero-order valence-electron chi connectivity index (χ0n) is 14.6. The first-order chi connectivity index (χ1) is 12.1. The number of aliphatic hydroxyl groups is 1. The molecule has 5 heteroatoms. The minimum Gasteiger partial charge on any atom is -0.380 e. The Hall–Kier alpha value is -1.45. The smallest absolute Gasteiger partial charge is 0.262 e. The second-order valence-electron chi connectivity index (χ2n) is 6.52. The lowest BCUT2D eigenvalue weighted by Gasteiger charge is -2.43. The molecular weight excluding hydrogens is 335 g/mol. The van der Waals surface area contributed by atoms with Gasteiger partial charge in [-0.3, -0.25) is 4.57 Å². The second kappa shape index (κ2) is 7.84.